The van der Waals surface area contributed by atoms with Crippen LogP contribution in [0.4, 0.5) is 0 Å². The van der Waals surface area contributed by atoms with Crippen molar-refractivity contribution in [2.45, 2.75) is 32.7 Å². The van der Waals surface area contributed by atoms with Crippen LogP contribution in [0.3, 0.4) is 0 Å². The molecule has 0 aliphatic carbocycles. The van der Waals surface area contributed by atoms with Crippen molar-refractivity contribution >= 4 is 0 Å². The molecule has 1 aromatic rings. The normalized spacial score (nSPS) is 14.7. The first-order valence-electron chi connectivity index (χ1n) is 5.82. The second-order valence-corrected chi connectivity index (χ2v) is 4.29. The molecular weight excluding hydrogens is 200 g/mol. The molecule has 0 saturated heterocycles. The second-order valence-electron chi connectivity index (χ2n) is 4.29. The van der Waals surface area contributed by atoms with Crippen molar-refractivity contribution in [3.05, 3.63) is 24.8 Å². The van der Waals surface area contributed by atoms with Crippen LogP contribution in [0, 0.1) is 5.92 Å². The van der Waals surface area contributed by atoms with E-state index in [0.29, 0.717) is 12.0 Å². The van der Waals surface area contributed by atoms with Crippen LogP contribution in [0.2, 0.25) is 0 Å². The molecule has 1 rings (SSSR count). The van der Waals surface area contributed by atoms with E-state index in [1.807, 2.05) is 17.8 Å². The molecule has 0 fully saturated rings. The van der Waals surface area contributed by atoms with Crippen molar-refractivity contribution in [2.24, 2.45) is 13.0 Å². The molecule has 0 amide bonds. The molecule has 0 saturated carbocycles. The minimum Gasteiger partial charge on any atom is -0.314 e. The van der Waals surface area contributed by atoms with Crippen LogP contribution in [0.15, 0.2) is 19.0 Å². The van der Waals surface area contributed by atoms with E-state index in [-0.39, 0.29) is 0 Å². The fraction of sp³-hybridized carbons (Fsp3) is 0.667. The minimum atomic E-state index is 0.506. The molecule has 1 aromatic heterocycles. The first-order valence-corrected chi connectivity index (χ1v) is 5.82. The molecule has 4 heteroatoms. The molecule has 1 N–H and O–H groups in total. The van der Waals surface area contributed by atoms with E-state index in [2.05, 4.69) is 35.8 Å². The number of aryl methyl sites for hydroxylation is 1. The van der Waals surface area contributed by atoms with Gasteiger partial charge < -0.3 is 5.32 Å². The molecule has 4 nitrogen and oxygen atoms in total. The van der Waals surface area contributed by atoms with Gasteiger partial charge in [-0.05, 0) is 19.3 Å². The lowest BCUT2D eigenvalue weighted by Crippen LogP contribution is -2.33. The highest BCUT2D eigenvalue weighted by Crippen LogP contribution is 2.07. The Morgan fingerprint density at radius 1 is 1.56 bits per heavy atom. The molecule has 2 unspecified atom stereocenters. The van der Waals surface area contributed by atoms with Crippen molar-refractivity contribution in [3.8, 4) is 0 Å². The van der Waals surface area contributed by atoms with E-state index >= 15 is 0 Å². The van der Waals surface area contributed by atoms with E-state index < -0.39 is 0 Å². The highest BCUT2D eigenvalue weighted by molar-refractivity contribution is 4.85. The van der Waals surface area contributed by atoms with Gasteiger partial charge in [0.2, 0.25) is 0 Å². The Bertz CT molecular complexity index is 319. The smallest absolute Gasteiger partial charge is 0.138 e. The Labute approximate surface area is 97.8 Å². The van der Waals surface area contributed by atoms with Gasteiger partial charge in [0, 0.05) is 26.1 Å². The average molecular weight is 222 g/mol. The van der Waals surface area contributed by atoms with Gasteiger partial charge in [0.1, 0.15) is 12.2 Å². The minimum absolute atomic E-state index is 0.506. The fourth-order valence-electron chi connectivity index (χ4n) is 1.63. The number of rotatable bonds is 7. The molecule has 0 aromatic carbocycles. The molecule has 0 aliphatic heterocycles. The predicted molar refractivity (Wildman–Crippen MR) is 66.1 cm³/mol. The van der Waals surface area contributed by atoms with Crippen molar-refractivity contribution in [2.75, 3.05) is 6.54 Å². The van der Waals surface area contributed by atoms with Crippen molar-refractivity contribution in [1.29, 1.82) is 0 Å². The molecule has 1 heterocycles. The Kier molecular flexibility index (Phi) is 5.19. The van der Waals surface area contributed by atoms with Gasteiger partial charge in [-0.2, -0.15) is 5.10 Å². The number of nitrogens with zero attached hydrogens (tertiary/aromatic N) is 3. The highest BCUT2D eigenvalue weighted by Gasteiger charge is 2.09. The summed E-state index contributed by atoms with van der Waals surface area (Å²) in [5.74, 6) is 1.65. The lowest BCUT2D eigenvalue weighted by molar-refractivity contribution is 0.403. The van der Waals surface area contributed by atoms with E-state index in [1.54, 1.807) is 6.33 Å². The third-order valence-electron chi connectivity index (χ3n) is 3.01. The quantitative estimate of drug-likeness (QED) is 0.712. The molecule has 0 aliphatic rings. The van der Waals surface area contributed by atoms with Crippen molar-refractivity contribution in [3.63, 3.8) is 0 Å². The fourth-order valence-corrected chi connectivity index (χ4v) is 1.63. The van der Waals surface area contributed by atoms with Crippen LogP contribution < -0.4 is 5.32 Å². The number of aromatic nitrogens is 3. The molecule has 0 bridgehead atoms. The lowest BCUT2D eigenvalue weighted by Gasteiger charge is -2.19. The van der Waals surface area contributed by atoms with Crippen LogP contribution in [0.25, 0.3) is 0 Å². The van der Waals surface area contributed by atoms with Gasteiger partial charge in [0.05, 0.1) is 0 Å². The van der Waals surface area contributed by atoms with Gasteiger partial charge in [-0.25, -0.2) is 4.98 Å². The Hall–Kier alpha value is -1.16. The van der Waals surface area contributed by atoms with Gasteiger partial charge in [-0.1, -0.05) is 13.0 Å². The summed E-state index contributed by atoms with van der Waals surface area (Å²) in [5.41, 5.74) is 0. The number of hydrogen-bond donors (Lipinski definition) is 1. The van der Waals surface area contributed by atoms with Gasteiger partial charge in [-0.3, -0.25) is 4.68 Å². The third-order valence-corrected chi connectivity index (χ3v) is 3.01. The summed E-state index contributed by atoms with van der Waals surface area (Å²) in [6, 6.07) is 0.506. The van der Waals surface area contributed by atoms with Gasteiger partial charge in [-0.15, -0.1) is 6.58 Å². The van der Waals surface area contributed by atoms with Crippen LogP contribution in [-0.4, -0.2) is 27.4 Å². The topological polar surface area (TPSA) is 42.7 Å². The number of hydrogen-bond acceptors (Lipinski definition) is 3. The number of nitrogens with one attached hydrogen (secondary N) is 1. The monoisotopic (exact) mass is 222 g/mol. The molecule has 16 heavy (non-hydrogen) atoms. The summed E-state index contributed by atoms with van der Waals surface area (Å²) in [4.78, 5) is 4.19. The first kappa shape index (κ1) is 12.9. The average Bonchev–Trinajstić information content (AvgIpc) is 2.65. The van der Waals surface area contributed by atoms with Crippen LogP contribution in [0.1, 0.15) is 26.1 Å². The van der Waals surface area contributed by atoms with Gasteiger partial charge in [0.25, 0.3) is 0 Å². The van der Waals surface area contributed by atoms with Crippen LogP contribution in [-0.2, 0) is 13.5 Å². The zero-order chi connectivity index (χ0) is 12.0. The Balaban J connectivity index is 2.25. The summed E-state index contributed by atoms with van der Waals surface area (Å²) in [7, 11) is 1.92. The summed E-state index contributed by atoms with van der Waals surface area (Å²) in [6.07, 6.45) is 5.55. The Morgan fingerprint density at radius 3 is 2.88 bits per heavy atom. The zero-order valence-electron chi connectivity index (χ0n) is 10.5. The lowest BCUT2D eigenvalue weighted by atomic mass is 10.00. The van der Waals surface area contributed by atoms with E-state index in [9.17, 15) is 0 Å². The Morgan fingerprint density at radius 2 is 2.31 bits per heavy atom. The zero-order valence-corrected chi connectivity index (χ0v) is 10.5. The number of allylic oxidation sites excluding steroid dienone is 1. The largest absolute Gasteiger partial charge is 0.314 e. The first-order chi connectivity index (χ1) is 7.65. The van der Waals surface area contributed by atoms with Crippen molar-refractivity contribution < 1.29 is 0 Å². The molecule has 0 radical (unpaired) electrons. The third kappa shape index (κ3) is 3.77. The maximum Gasteiger partial charge on any atom is 0.138 e. The maximum atomic E-state index is 4.19. The van der Waals surface area contributed by atoms with Crippen molar-refractivity contribution in [1.82, 2.24) is 20.1 Å². The summed E-state index contributed by atoms with van der Waals surface area (Å²) >= 11 is 0. The predicted octanol–water partition coefficient (Wildman–Crippen LogP) is 1.55. The van der Waals surface area contributed by atoms with E-state index in [1.165, 1.54) is 0 Å². The van der Waals surface area contributed by atoms with Gasteiger partial charge in [0.15, 0.2) is 0 Å². The summed E-state index contributed by atoms with van der Waals surface area (Å²) in [5, 5.41) is 7.55. The maximum absolute atomic E-state index is 4.19. The molecule has 0 spiro atoms. The summed E-state index contributed by atoms with van der Waals surface area (Å²) < 4.78 is 1.82. The molecule has 90 valence electrons. The van der Waals surface area contributed by atoms with Crippen LogP contribution >= 0.6 is 0 Å². The SMILES string of the molecule is C=CCC(C)C(C)NCCc1ncnn1C. The van der Waals surface area contributed by atoms with E-state index in [4.69, 9.17) is 0 Å². The molecular formula is C12H22N4. The van der Waals surface area contributed by atoms with E-state index in [0.717, 1.165) is 25.2 Å². The molecule has 2 atom stereocenters. The second kappa shape index (κ2) is 6.43. The summed E-state index contributed by atoms with van der Waals surface area (Å²) in [6.45, 7) is 9.16. The van der Waals surface area contributed by atoms with Crippen LogP contribution in [0.5, 0.6) is 0 Å². The van der Waals surface area contributed by atoms with Gasteiger partial charge >= 0.3 is 0 Å². The highest BCUT2D eigenvalue weighted by atomic mass is 15.3. The standard InChI is InChI=1S/C12H22N4/c1-5-6-10(2)11(3)13-8-7-12-14-9-15-16(12)4/h5,9-11,13H,1,6-8H2,2-4H3.